The topological polar surface area (TPSA) is 54.7 Å². The first-order chi connectivity index (χ1) is 10.2. The van der Waals surface area contributed by atoms with Gasteiger partial charge in [-0.15, -0.1) is 0 Å². The largest absolute Gasteiger partial charge is 0.479 e. The van der Waals surface area contributed by atoms with Crippen molar-refractivity contribution in [2.24, 2.45) is 0 Å². The summed E-state index contributed by atoms with van der Waals surface area (Å²) in [5.41, 5.74) is 2.48. The van der Waals surface area contributed by atoms with Gasteiger partial charge in [0.2, 0.25) is 0 Å². The Morgan fingerprint density at radius 2 is 2.29 bits per heavy atom. The Labute approximate surface area is 123 Å². The number of aliphatic carboxylic acids is 1. The normalized spacial score (nSPS) is 20.0. The molecular formula is C16H20N2O3. The van der Waals surface area contributed by atoms with E-state index in [1.807, 2.05) is 0 Å². The average Bonchev–Trinajstić information content (AvgIpc) is 2.92. The smallest absolute Gasteiger partial charge is 0.334 e. The molecule has 21 heavy (non-hydrogen) atoms. The van der Waals surface area contributed by atoms with E-state index in [2.05, 4.69) is 46.9 Å². The number of carboxylic acids is 1. The molecule has 5 heteroatoms. The van der Waals surface area contributed by atoms with Crippen molar-refractivity contribution in [3.8, 4) is 0 Å². The number of aromatic nitrogens is 1. The maximum absolute atomic E-state index is 11.1. The van der Waals surface area contributed by atoms with Gasteiger partial charge in [-0.25, -0.2) is 4.79 Å². The molecule has 2 aromatic rings. The lowest BCUT2D eigenvalue weighted by Gasteiger charge is -2.30. The van der Waals surface area contributed by atoms with Crippen molar-refractivity contribution in [3.05, 3.63) is 36.0 Å². The van der Waals surface area contributed by atoms with Crippen LogP contribution in [0.5, 0.6) is 0 Å². The zero-order chi connectivity index (χ0) is 14.8. The third-order valence-corrected chi connectivity index (χ3v) is 4.06. The van der Waals surface area contributed by atoms with Crippen LogP contribution in [0.15, 0.2) is 30.5 Å². The molecule has 1 aliphatic heterocycles. The highest BCUT2D eigenvalue weighted by molar-refractivity contribution is 5.83. The van der Waals surface area contributed by atoms with Crippen molar-refractivity contribution in [1.82, 2.24) is 9.47 Å². The molecule has 1 fully saturated rings. The predicted octanol–water partition coefficient (Wildman–Crippen LogP) is 1.95. The molecule has 3 rings (SSSR count). The summed E-state index contributed by atoms with van der Waals surface area (Å²) in [5.74, 6) is -0.880. The SMILES string of the molecule is CCn1ccc2c(CN3CCOC(C(=O)O)C3)cccc21. The van der Waals surface area contributed by atoms with Crippen molar-refractivity contribution in [2.75, 3.05) is 19.7 Å². The van der Waals surface area contributed by atoms with Crippen molar-refractivity contribution in [3.63, 3.8) is 0 Å². The number of carbonyl (C=O) groups is 1. The molecule has 1 aromatic carbocycles. The molecule has 1 aliphatic rings. The fourth-order valence-electron chi connectivity index (χ4n) is 2.94. The summed E-state index contributed by atoms with van der Waals surface area (Å²) >= 11 is 0. The zero-order valence-corrected chi connectivity index (χ0v) is 12.2. The summed E-state index contributed by atoms with van der Waals surface area (Å²) in [6.07, 6.45) is 1.39. The monoisotopic (exact) mass is 288 g/mol. The number of benzene rings is 1. The minimum absolute atomic E-state index is 0.445. The van der Waals surface area contributed by atoms with E-state index in [1.165, 1.54) is 16.5 Å². The van der Waals surface area contributed by atoms with Gasteiger partial charge in [-0.1, -0.05) is 12.1 Å². The van der Waals surface area contributed by atoms with Gasteiger partial charge in [-0.3, -0.25) is 4.90 Å². The van der Waals surface area contributed by atoms with Crippen LogP contribution in [0, 0.1) is 0 Å². The molecule has 1 unspecified atom stereocenters. The molecule has 1 saturated heterocycles. The van der Waals surface area contributed by atoms with Crippen molar-refractivity contribution in [1.29, 1.82) is 0 Å². The van der Waals surface area contributed by atoms with Crippen LogP contribution >= 0.6 is 0 Å². The molecular weight excluding hydrogens is 268 g/mol. The van der Waals surface area contributed by atoms with E-state index in [1.54, 1.807) is 0 Å². The lowest BCUT2D eigenvalue weighted by Crippen LogP contribution is -2.45. The van der Waals surface area contributed by atoms with Crippen LogP contribution < -0.4 is 0 Å². The highest BCUT2D eigenvalue weighted by Crippen LogP contribution is 2.22. The van der Waals surface area contributed by atoms with Crippen LogP contribution in [0.2, 0.25) is 0 Å². The van der Waals surface area contributed by atoms with Crippen LogP contribution in [-0.4, -0.2) is 46.3 Å². The second kappa shape index (κ2) is 5.87. The Bertz CT molecular complexity index is 650. The number of carboxylic acid groups (broad SMARTS) is 1. The lowest BCUT2D eigenvalue weighted by molar-refractivity contribution is -0.156. The first-order valence-electron chi connectivity index (χ1n) is 7.32. The summed E-state index contributed by atoms with van der Waals surface area (Å²) in [4.78, 5) is 13.2. The van der Waals surface area contributed by atoms with E-state index >= 15 is 0 Å². The molecule has 112 valence electrons. The van der Waals surface area contributed by atoms with Crippen LogP contribution in [-0.2, 0) is 22.6 Å². The highest BCUT2D eigenvalue weighted by atomic mass is 16.5. The number of hydrogen-bond donors (Lipinski definition) is 1. The van der Waals surface area contributed by atoms with Gasteiger partial charge < -0.3 is 14.4 Å². The van der Waals surface area contributed by atoms with Crippen molar-refractivity contribution >= 4 is 16.9 Å². The molecule has 0 aliphatic carbocycles. The van der Waals surface area contributed by atoms with E-state index in [-0.39, 0.29) is 0 Å². The maximum Gasteiger partial charge on any atom is 0.334 e. The van der Waals surface area contributed by atoms with Gasteiger partial charge in [-0.2, -0.15) is 0 Å². The molecule has 1 atom stereocenters. The summed E-state index contributed by atoms with van der Waals surface area (Å²) in [5, 5.41) is 10.3. The van der Waals surface area contributed by atoms with Crippen LogP contribution in [0.4, 0.5) is 0 Å². The molecule has 0 amide bonds. The zero-order valence-electron chi connectivity index (χ0n) is 12.2. The molecule has 0 saturated carbocycles. The molecule has 1 N–H and O–H groups in total. The standard InChI is InChI=1S/C16H20N2O3/c1-2-18-7-6-13-12(4-3-5-14(13)18)10-17-8-9-21-15(11-17)16(19)20/h3-7,15H,2,8-11H2,1H3,(H,19,20). The molecule has 2 heterocycles. The Balaban J connectivity index is 1.81. The van der Waals surface area contributed by atoms with E-state index in [9.17, 15) is 4.79 Å². The fraction of sp³-hybridized carbons (Fsp3) is 0.438. The fourth-order valence-corrected chi connectivity index (χ4v) is 2.94. The quantitative estimate of drug-likeness (QED) is 0.934. The number of rotatable bonds is 4. The maximum atomic E-state index is 11.1. The van der Waals surface area contributed by atoms with Gasteiger partial charge in [0.1, 0.15) is 0 Å². The second-order valence-electron chi connectivity index (χ2n) is 5.38. The molecule has 5 nitrogen and oxygen atoms in total. The Kier molecular flexibility index (Phi) is 3.94. The highest BCUT2D eigenvalue weighted by Gasteiger charge is 2.26. The van der Waals surface area contributed by atoms with Gasteiger partial charge in [0.25, 0.3) is 0 Å². The number of hydrogen-bond acceptors (Lipinski definition) is 3. The average molecular weight is 288 g/mol. The number of morpholine rings is 1. The van der Waals surface area contributed by atoms with Gasteiger partial charge in [-0.05, 0) is 24.6 Å². The van der Waals surface area contributed by atoms with Gasteiger partial charge in [0.15, 0.2) is 6.10 Å². The third kappa shape index (κ3) is 2.80. The van der Waals surface area contributed by atoms with Gasteiger partial charge >= 0.3 is 5.97 Å². The van der Waals surface area contributed by atoms with E-state index in [4.69, 9.17) is 9.84 Å². The van der Waals surface area contributed by atoms with Crippen LogP contribution in [0.3, 0.4) is 0 Å². The Hall–Kier alpha value is -1.85. The van der Waals surface area contributed by atoms with Gasteiger partial charge in [0.05, 0.1) is 6.61 Å². The minimum Gasteiger partial charge on any atom is -0.479 e. The molecule has 1 aromatic heterocycles. The Morgan fingerprint density at radius 3 is 3.05 bits per heavy atom. The van der Waals surface area contributed by atoms with E-state index < -0.39 is 12.1 Å². The Morgan fingerprint density at radius 1 is 1.43 bits per heavy atom. The first-order valence-corrected chi connectivity index (χ1v) is 7.32. The third-order valence-electron chi connectivity index (χ3n) is 4.06. The lowest BCUT2D eigenvalue weighted by atomic mass is 10.1. The predicted molar refractivity (Wildman–Crippen MR) is 80.3 cm³/mol. The number of aryl methyl sites for hydroxylation is 1. The van der Waals surface area contributed by atoms with E-state index in [0.717, 1.165) is 19.6 Å². The van der Waals surface area contributed by atoms with Crippen molar-refractivity contribution < 1.29 is 14.6 Å². The van der Waals surface area contributed by atoms with Crippen LogP contribution in [0.1, 0.15) is 12.5 Å². The molecule has 0 spiro atoms. The number of nitrogens with zero attached hydrogens (tertiary/aromatic N) is 2. The molecule has 0 bridgehead atoms. The van der Waals surface area contributed by atoms with E-state index in [0.29, 0.717) is 13.2 Å². The second-order valence-corrected chi connectivity index (χ2v) is 5.38. The summed E-state index contributed by atoms with van der Waals surface area (Å²) in [7, 11) is 0. The summed E-state index contributed by atoms with van der Waals surface area (Å²) < 4.78 is 7.49. The number of fused-ring (bicyclic) bond motifs is 1. The van der Waals surface area contributed by atoms with Crippen LogP contribution in [0.25, 0.3) is 10.9 Å². The van der Waals surface area contributed by atoms with Gasteiger partial charge in [0, 0.05) is 43.3 Å². The first kappa shape index (κ1) is 14.1. The summed E-state index contributed by atoms with van der Waals surface area (Å²) in [6, 6.07) is 8.46. The van der Waals surface area contributed by atoms with Crippen molar-refractivity contribution in [2.45, 2.75) is 26.1 Å². The summed E-state index contributed by atoms with van der Waals surface area (Å²) in [6.45, 7) is 5.53. The number of ether oxygens (including phenoxy) is 1. The molecule has 0 radical (unpaired) electrons. The minimum atomic E-state index is -0.880.